The number of aromatic carboxylic acids is 1. The summed E-state index contributed by atoms with van der Waals surface area (Å²) in [6.45, 7) is 4.29. The van der Waals surface area contributed by atoms with Gasteiger partial charge in [-0.25, -0.2) is 14.4 Å². The molecular weight excluding hydrogens is 671 g/mol. The number of rotatable bonds is 7. The van der Waals surface area contributed by atoms with Crippen LogP contribution in [0.4, 0.5) is 0 Å². The van der Waals surface area contributed by atoms with Gasteiger partial charge in [-0.15, -0.1) is 0 Å². The summed E-state index contributed by atoms with van der Waals surface area (Å²) in [4.78, 5) is 33.9. The van der Waals surface area contributed by atoms with E-state index < -0.39 is 5.97 Å². The Bertz CT molecular complexity index is 1700. The molecule has 2 aromatic carbocycles. The van der Waals surface area contributed by atoms with Crippen molar-refractivity contribution < 1.29 is 64.0 Å². The summed E-state index contributed by atoms with van der Waals surface area (Å²) in [6, 6.07) is 19.0. The molecule has 0 bridgehead atoms. The number of nitrogens with zero attached hydrogens (tertiary/aromatic N) is 6. The van der Waals surface area contributed by atoms with Crippen LogP contribution in [0.3, 0.4) is 0 Å². The number of hydrogen-bond acceptors (Lipinski definition) is 9. The second kappa shape index (κ2) is 19.4. The summed E-state index contributed by atoms with van der Waals surface area (Å²) in [6.07, 6.45) is 4.38. The molecule has 5 aromatic rings. The van der Waals surface area contributed by atoms with Gasteiger partial charge in [-0.2, -0.15) is 15.3 Å². The van der Waals surface area contributed by atoms with E-state index in [1.165, 1.54) is 12.4 Å². The Kier molecular flexibility index (Phi) is 16.9. The molecule has 13 nitrogen and oxygen atoms in total. The third-order valence-corrected chi connectivity index (χ3v) is 7.00. The molecule has 0 spiro atoms. The van der Waals surface area contributed by atoms with Gasteiger partial charge in [-0.3, -0.25) is 14.0 Å². The van der Waals surface area contributed by atoms with Crippen molar-refractivity contribution in [1.82, 2.24) is 29.3 Å². The first kappa shape index (κ1) is 39.9. The van der Waals surface area contributed by atoms with E-state index in [9.17, 15) is 14.4 Å². The molecule has 0 amide bonds. The first-order valence-corrected chi connectivity index (χ1v) is 14.3. The Balaban J connectivity index is 0.000000343. The van der Waals surface area contributed by atoms with Crippen LogP contribution in [0.5, 0.6) is 0 Å². The van der Waals surface area contributed by atoms with Gasteiger partial charge in [0, 0.05) is 32.3 Å². The average Bonchev–Trinajstić information content (AvgIpc) is 3.71. The second-order valence-electron chi connectivity index (χ2n) is 9.01. The van der Waals surface area contributed by atoms with Crippen LogP contribution in [-0.2, 0) is 30.6 Å². The van der Waals surface area contributed by atoms with Crippen molar-refractivity contribution in [1.29, 1.82) is 0 Å². The van der Waals surface area contributed by atoms with Crippen molar-refractivity contribution >= 4 is 33.8 Å². The maximum absolute atomic E-state index is 11.8. The van der Waals surface area contributed by atoms with Crippen molar-refractivity contribution in [3.8, 4) is 22.5 Å². The molecule has 3 heterocycles. The maximum atomic E-state index is 11.8. The summed E-state index contributed by atoms with van der Waals surface area (Å²) in [7, 11) is 5.28. The van der Waals surface area contributed by atoms with Crippen molar-refractivity contribution in [3.05, 3.63) is 101 Å². The number of halogens is 1. The van der Waals surface area contributed by atoms with Crippen LogP contribution < -0.4 is 29.6 Å². The Morgan fingerprint density at radius 3 is 1.43 bits per heavy atom. The van der Waals surface area contributed by atoms with Crippen LogP contribution in [0.1, 0.15) is 44.9 Å². The molecular formula is C31H34BrN6NaO7. The first-order valence-electron chi connectivity index (χ1n) is 13.5. The quantitative estimate of drug-likeness (QED) is 0.196. The van der Waals surface area contributed by atoms with Crippen LogP contribution in [0.2, 0.25) is 0 Å². The zero-order valence-electron chi connectivity index (χ0n) is 26.4. The fourth-order valence-electron chi connectivity index (χ4n) is 4.03. The zero-order chi connectivity index (χ0) is 32.2. The second-order valence-corrected chi connectivity index (χ2v) is 9.76. The van der Waals surface area contributed by atoms with E-state index in [1.807, 2.05) is 67.7 Å². The average molecular weight is 706 g/mol. The number of carbonyl (C=O) groups is 3. The van der Waals surface area contributed by atoms with Gasteiger partial charge >= 0.3 is 47.5 Å². The minimum absolute atomic E-state index is 0. The summed E-state index contributed by atoms with van der Waals surface area (Å²) < 4.78 is 15.3. The van der Waals surface area contributed by atoms with Gasteiger partial charge in [-0.05, 0) is 29.8 Å². The number of esters is 2. The molecule has 0 aliphatic carbocycles. The van der Waals surface area contributed by atoms with Gasteiger partial charge in [0.1, 0.15) is 21.3 Å². The van der Waals surface area contributed by atoms with Gasteiger partial charge in [-0.1, -0.05) is 60.7 Å². The molecule has 0 radical (unpaired) electrons. The molecule has 0 saturated carbocycles. The van der Waals surface area contributed by atoms with Gasteiger partial charge in [0.05, 0.1) is 43.2 Å². The van der Waals surface area contributed by atoms with Crippen molar-refractivity contribution in [3.63, 3.8) is 0 Å². The first-order chi connectivity index (χ1) is 21.1. The third kappa shape index (κ3) is 10.2. The number of ether oxygens (including phenoxy) is 2. The van der Waals surface area contributed by atoms with Gasteiger partial charge < -0.3 is 20.1 Å². The molecule has 2 N–H and O–H groups in total. The smallest absolute Gasteiger partial charge is 0.870 e. The molecule has 3 aromatic heterocycles. The van der Waals surface area contributed by atoms with Crippen molar-refractivity contribution in [2.24, 2.45) is 21.1 Å². The van der Waals surface area contributed by atoms with E-state index in [1.54, 1.807) is 48.2 Å². The maximum Gasteiger partial charge on any atom is 1.00 e. The number of carboxylic acids is 1. The Morgan fingerprint density at radius 1 is 0.674 bits per heavy atom. The summed E-state index contributed by atoms with van der Waals surface area (Å²) in [5, 5.41) is 20.9. The van der Waals surface area contributed by atoms with Gasteiger partial charge in [0.15, 0.2) is 0 Å². The predicted molar refractivity (Wildman–Crippen MR) is 169 cm³/mol. The molecule has 0 fully saturated rings. The van der Waals surface area contributed by atoms with E-state index in [2.05, 4.69) is 31.2 Å². The summed E-state index contributed by atoms with van der Waals surface area (Å²) in [5.74, 6) is -1.64. The molecule has 0 unspecified atom stereocenters. The van der Waals surface area contributed by atoms with Crippen molar-refractivity contribution in [2.45, 2.75) is 13.8 Å². The number of aromatic nitrogens is 6. The Morgan fingerprint density at radius 2 is 1.04 bits per heavy atom. The van der Waals surface area contributed by atoms with Crippen LogP contribution in [0, 0.1) is 0 Å². The number of aryl methyl sites for hydroxylation is 3. The number of benzene rings is 2. The van der Waals surface area contributed by atoms with Crippen LogP contribution in [-0.4, -0.2) is 71.0 Å². The van der Waals surface area contributed by atoms with E-state index in [-0.39, 0.29) is 52.5 Å². The van der Waals surface area contributed by atoms with E-state index >= 15 is 0 Å². The molecule has 238 valence electrons. The SMILES string of the molecule is CCOC(=O)c1cnn(C)c1-c1ccccc1.CCOC(=O)c1cnn(C)c1Br.Cn1ncc(C(=O)O)c1-c1ccccc1.[Na+].[OH-]. The standard InChI is InChI=1S/C13H14N2O2.C11H10N2O2.C7H9BrN2O2.Na.H2O/c1-3-17-13(16)11-9-14-15(2)12(11)10-7-5-4-6-8-10;1-13-10(8-5-3-2-4-6-8)9(7-12-13)11(14)15;1-3-12-7(11)5-4-9-10(2)6(5)8;;/h4-9H,3H2,1-2H3;2-7H,1H3,(H,14,15);4H,3H2,1-2H3;;1H2/q;;;+1;/p-1. The molecule has 0 saturated heterocycles. The number of carbonyl (C=O) groups excluding carboxylic acids is 2. The molecule has 0 aliphatic heterocycles. The van der Waals surface area contributed by atoms with Crippen LogP contribution in [0.15, 0.2) is 83.9 Å². The van der Waals surface area contributed by atoms with E-state index in [0.717, 1.165) is 16.8 Å². The summed E-state index contributed by atoms with van der Waals surface area (Å²) in [5.41, 5.74) is 4.40. The molecule has 15 heteroatoms. The van der Waals surface area contributed by atoms with Gasteiger partial charge in [0.2, 0.25) is 0 Å². The summed E-state index contributed by atoms with van der Waals surface area (Å²) >= 11 is 3.22. The third-order valence-electron chi connectivity index (χ3n) is 6.06. The monoisotopic (exact) mass is 704 g/mol. The number of carboxylic acid groups (broad SMARTS) is 1. The Hall–Kier alpha value is -4.08. The fraction of sp³-hybridized carbons (Fsp3) is 0.226. The molecule has 46 heavy (non-hydrogen) atoms. The topological polar surface area (TPSA) is 173 Å². The predicted octanol–water partition coefficient (Wildman–Crippen LogP) is 2.24. The van der Waals surface area contributed by atoms with E-state index in [0.29, 0.717) is 34.6 Å². The largest absolute Gasteiger partial charge is 1.00 e. The normalized spacial score (nSPS) is 9.70. The minimum atomic E-state index is -0.957. The molecule has 5 rings (SSSR count). The fourth-order valence-corrected chi connectivity index (χ4v) is 4.39. The molecule has 0 atom stereocenters. The van der Waals surface area contributed by atoms with E-state index in [4.69, 9.17) is 14.6 Å². The van der Waals surface area contributed by atoms with Gasteiger partial charge in [0.25, 0.3) is 0 Å². The minimum Gasteiger partial charge on any atom is -0.870 e. The van der Waals surface area contributed by atoms with Crippen molar-refractivity contribution in [2.75, 3.05) is 13.2 Å². The van der Waals surface area contributed by atoms with Crippen LogP contribution in [0.25, 0.3) is 22.5 Å². The van der Waals surface area contributed by atoms with Crippen LogP contribution >= 0.6 is 15.9 Å². The number of hydrogen-bond donors (Lipinski definition) is 1. The zero-order valence-corrected chi connectivity index (χ0v) is 30.0. The molecule has 0 aliphatic rings. The Labute approximate surface area is 296 Å².